The fourth-order valence-corrected chi connectivity index (χ4v) is 1.53. The zero-order chi connectivity index (χ0) is 14.3. The van der Waals surface area contributed by atoms with Gasteiger partial charge in [-0.1, -0.05) is 20.8 Å². The van der Waals surface area contributed by atoms with Gasteiger partial charge in [0.1, 0.15) is 0 Å². The predicted molar refractivity (Wildman–Crippen MR) is 74.6 cm³/mol. The molecule has 2 amide bonds. The molecule has 0 saturated carbocycles. The maximum absolute atomic E-state index is 11.6. The third-order valence-electron chi connectivity index (χ3n) is 2.51. The van der Waals surface area contributed by atoms with E-state index >= 15 is 0 Å². The molecular formula is C14H21N3O2. The van der Waals surface area contributed by atoms with Gasteiger partial charge in [-0.25, -0.2) is 0 Å². The molecule has 19 heavy (non-hydrogen) atoms. The second-order valence-electron chi connectivity index (χ2n) is 5.62. The van der Waals surface area contributed by atoms with Gasteiger partial charge in [0.05, 0.1) is 11.9 Å². The van der Waals surface area contributed by atoms with Gasteiger partial charge in [0.15, 0.2) is 0 Å². The molecule has 0 spiro atoms. The normalized spacial score (nSPS) is 10.9. The second-order valence-corrected chi connectivity index (χ2v) is 5.62. The summed E-state index contributed by atoms with van der Waals surface area (Å²) >= 11 is 0. The molecule has 0 fully saturated rings. The maximum atomic E-state index is 11.6. The van der Waals surface area contributed by atoms with Crippen molar-refractivity contribution in [3.63, 3.8) is 0 Å². The Bertz CT molecular complexity index is 424. The number of amides is 2. The minimum atomic E-state index is -0.663. The first-order valence-electron chi connectivity index (χ1n) is 6.38. The number of carbonyl (C=O) groups is 2. The predicted octanol–water partition coefficient (Wildman–Crippen LogP) is 1.96. The summed E-state index contributed by atoms with van der Waals surface area (Å²) in [6.07, 6.45) is 4.94. The minimum Gasteiger partial charge on any atom is -0.348 e. The van der Waals surface area contributed by atoms with Gasteiger partial charge in [-0.15, -0.1) is 0 Å². The van der Waals surface area contributed by atoms with Gasteiger partial charge in [-0.05, 0) is 30.4 Å². The fourth-order valence-electron chi connectivity index (χ4n) is 1.53. The maximum Gasteiger partial charge on any atom is 0.313 e. The molecule has 104 valence electrons. The molecule has 0 bridgehead atoms. The highest BCUT2D eigenvalue weighted by molar-refractivity contribution is 6.39. The summed E-state index contributed by atoms with van der Waals surface area (Å²) in [6, 6.07) is 3.37. The van der Waals surface area contributed by atoms with Gasteiger partial charge >= 0.3 is 11.8 Å². The molecule has 0 unspecified atom stereocenters. The van der Waals surface area contributed by atoms with Crippen LogP contribution in [0.5, 0.6) is 0 Å². The van der Waals surface area contributed by atoms with Crippen LogP contribution in [0.2, 0.25) is 0 Å². The Hall–Kier alpha value is -1.91. The average Bonchev–Trinajstić information content (AvgIpc) is 2.34. The van der Waals surface area contributed by atoms with E-state index < -0.39 is 11.8 Å². The summed E-state index contributed by atoms with van der Waals surface area (Å²) in [5, 5.41) is 5.09. The zero-order valence-electron chi connectivity index (χ0n) is 11.7. The van der Waals surface area contributed by atoms with Crippen LogP contribution in [0, 0.1) is 5.41 Å². The van der Waals surface area contributed by atoms with Crippen molar-refractivity contribution in [2.24, 2.45) is 5.41 Å². The number of nitrogens with one attached hydrogen (secondary N) is 2. The van der Waals surface area contributed by atoms with Crippen LogP contribution in [0.3, 0.4) is 0 Å². The summed E-state index contributed by atoms with van der Waals surface area (Å²) in [7, 11) is 0. The Morgan fingerprint density at radius 3 is 2.58 bits per heavy atom. The molecule has 0 aliphatic heterocycles. The molecule has 1 aromatic rings. The minimum absolute atomic E-state index is 0.239. The smallest absolute Gasteiger partial charge is 0.313 e. The quantitative estimate of drug-likeness (QED) is 0.644. The Balaban J connectivity index is 2.28. The Morgan fingerprint density at radius 1 is 1.26 bits per heavy atom. The summed E-state index contributed by atoms with van der Waals surface area (Å²) in [5.41, 5.74) is 0.750. The van der Waals surface area contributed by atoms with Gasteiger partial charge in [0.25, 0.3) is 0 Å². The van der Waals surface area contributed by atoms with Crippen molar-refractivity contribution in [2.75, 3.05) is 11.9 Å². The van der Waals surface area contributed by atoms with E-state index in [1.165, 1.54) is 6.20 Å². The zero-order valence-corrected chi connectivity index (χ0v) is 11.7. The Morgan fingerprint density at radius 2 is 2.00 bits per heavy atom. The molecule has 1 heterocycles. The number of rotatable bonds is 4. The summed E-state index contributed by atoms with van der Waals surface area (Å²) < 4.78 is 0. The summed E-state index contributed by atoms with van der Waals surface area (Å²) in [5.74, 6) is -1.28. The van der Waals surface area contributed by atoms with Crippen molar-refractivity contribution in [1.29, 1.82) is 0 Å². The van der Waals surface area contributed by atoms with Crippen LogP contribution in [0.25, 0.3) is 0 Å². The van der Waals surface area contributed by atoms with Crippen LogP contribution >= 0.6 is 0 Å². The Kier molecular flexibility index (Phi) is 5.48. The number of carbonyl (C=O) groups excluding carboxylic acids is 2. The SMILES string of the molecule is CC(C)(C)CCCNC(=O)C(=O)Nc1cccnc1. The third-order valence-corrected chi connectivity index (χ3v) is 2.51. The molecule has 5 heteroatoms. The highest BCUT2D eigenvalue weighted by Gasteiger charge is 2.14. The molecule has 5 nitrogen and oxygen atoms in total. The number of hydrogen-bond acceptors (Lipinski definition) is 3. The number of anilines is 1. The van der Waals surface area contributed by atoms with E-state index in [9.17, 15) is 9.59 Å². The van der Waals surface area contributed by atoms with Crippen molar-refractivity contribution in [1.82, 2.24) is 10.3 Å². The van der Waals surface area contributed by atoms with E-state index in [1.54, 1.807) is 18.3 Å². The molecule has 0 saturated heterocycles. The van der Waals surface area contributed by atoms with Crippen molar-refractivity contribution in [3.05, 3.63) is 24.5 Å². The van der Waals surface area contributed by atoms with Crippen LogP contribution in [0.1, 0.15) is 33.6 Å². The van der Waals surface area contributed by atoms with E-state index in [4.69, 9.17) is 0 Å². The standard InChI is InChI=1S/C14H21N3O2/c1-14(2,3)7-5-9-16-12(18)13(19)17-11-6-4-8-15-10-11/h4,6,8,10H,5,7,9H2,1-3H3,(H,16,18)(H,17,19). The second kappa shape index (κ2) is 6.87. The molecule has 0 aliphatic rings. The number of pyridine rings is 1. The highest BCUT2D eigenvalue weighted by Crippen LogP contribution is 2.19. The van der Waals surface area contributed by atoms with Gasteiger partial charge in [-0.3, -0.25) is 14.6 Å². The molecule has 1 aromatic heterocycles. The third kappa shape index (κ3) is 6.55. The molecule has 0 aliphatic carbocycles. The van der Waals surface area contributed by atoms with Crippen LogP contribution in [0.4, 0.5) is 5.69 Å². The lowest BCUT2D eigenvalue weighted by Crippen LogP contribution is -2.36. The summed E-state index contributed by atoms with van der Waals surface area (Å²) in [4.78, 5) is 26.9. The van der Waals surface area contributed by atoms with E-state index in [0.717, 1.165) is 12.8 Å². The molecule has 0 aromatic carbocycles. The van der Waals surface area contributed by atoms with Crippen LogP contribution in [-0.2, 0) is 9.59 Å². The lowest BCUT2D eigenvalue weighted by atomic mass is 9.91. The topological polar surface area (TPSA) is 71.1 Å². The first-order chi connectivity index (χ1) is 8.88. The first kappa shape index (κ1) is 15.1. The van der Waals surface area contributed by atoms with Crippen molar-refractivity contribution >= 4 is 17.5 Å². The highest BCUT2D eigenvalue weighted by atomic mass is 16.2. The van der Waals surface area contributed by atoms with Crippen LogP contribution in [0.15, 0.2) is 24.5 Å². The number of aromatic nitrogens is 1. The summed E-state index contributed by atoms with van der Waals surface area (Å²) in [6.45, 7) is 6.94. The lowest BCUT2D eigenvalue weighted by Gasteiger charge is -2.17. The fraction of sp³-hybridized carbons (Fsp3) is 0.500. The molecular weight excluding hydrogens is 242 g/mol. The largest absolute Gasteiger partial charge is 0.348 e. The van der Waals surface area contributed by atoms with Crippen LogP contribution in [-0.4, -0.2) is 23.3 Å². The molecule has 0 atom stereocenters. The van der Waals surface area contributed by atoms with Crippen molar-refractivity contribution in [2.45, 2.75) is 33.6 Å². The Labute approximate surface area is 113 Å². The number of hydrogen-bond donors (Lipinski definition) is 2. The van der Waals surface area contributed by atoms with Gasteiger partial charge in [0, 0.05) is 12.7 Å². The van der Waals surface area contributed by atoms with Gasteiger partial charge in [0.2, 0.25) is 0 Å². The molecule has 1 rings (SSSR count). The monoisotopic (exact) mass is 263 g/mol. The average molecular weight is 263 g/mol. The van der Waals surface area contributed by atoms with E-state index in [2.05, 4.69) is 36.4 Å². The molecule has 0 radical (unpaired) electrons. The molecule has 2 N–H and O–H groups in total. The van der Waals surface area contributed by atoms with Gasteiger partial charge < -0.3 is 10.6 Å². The van der Waals surface area contributed by atoms with E-state index in [-0.39, 0.29) is 5.41 Å². The van der Waals surface area contributed by atoms with Crippen LogP contribution < -0.4 is 10.6 Å². The van der Waals surface area contributed by atoms with Gasteiger partial charge in [-0.2, -0.15) is 0 Å². The van der Waals surface area contributed by atoms with Crippen molar-refractivity contribution in [3.8, 4) is 0 Å². The van der Waals surface area contributed by atoms with Crippen molar-refractivity contribution < 1.29 is 9.59 Å². The van der Waals surface area contributed by atoms with E-state index in [1.807, 2.05) is 0 Å². The number of nitrogens with zero attached hydrogens (tertiary/aromatic N) is 1. The van der Waals surface area contributed by atoms with E-state index in [0.29, 0.717) is 12.2 Å². The lowest BCUT2D eigenvalue weighted by molar-refractivity contribution is -0.136. The first-order valence-corrected chi connectivity index (χ1v) is 6.38.